The van der Waals surface area contributed by atoms with Gasteiger partial charge in [0.1, 0.15) is 0 Å². The summed E-state index contributed by atoms with van der Waals surface area (Å²) in [6.45, 7) is 3.35. The van der Waals surface area contributed by atoms with E-state index in [2.05, 4.69) is 30.4 Å². The highest BCUT2D eigenvalue weighted by molar-refractivity contribution is 5.54. The molecule has 2 rings (SSSR count). The van der Waals surface area contributed by atoms with Crippen LogP contribution in [-0.4, -0.2) is 18.3 Å². The molecule has 1 unspecified atom stereocenters. The van der Waals surface area contributed by atoms with E-state index < -0.39 is 0 Å². The summed E-state index contributed by atoms with van der Waals surface area (Å²) in [5, 5.41) is 12.5. The second-order valence-corrected chi connectivity index (χ2v) is 3.98. The molecule has 0 aromatic heterocycles. The Morgan fingerprint density at radius 3 is 3.07 bits per heavy atom. The Bertz CT molecular complexity index is 322. The van der Waals surface area contributed by atoms with Crippen LogP contribution >= 0.6 is 0 Å². The van der Waals surface area contributed by atoms with Crippen LogP contribution in [0.5, 0.6) is 0 Å². The zero-order chi connectivity index (χ0) is 9.97. The molecule has 0 spiro atoms. The van der Waals surface area contributed by atoms with E-state index >= 15 is 0 Å². The van der Waals surface area contributed by atoms with E-state index in [1.54, 1.807) is 0 Å². The van der Waals surface area contributed by atoms with Crippen LogP contribution in [0.2, 0.25) is 0 Å². The highest BCUT2D eigenvalue weighted by Gasteiger charge is 2.17. The van der Waals surface area contributed by atoms with Crippen LogP contribution in [0.4, 0.5) is 5.69 Å². The highest BCUT2D eigenvalue weighted by Crippen LogP contribution is 2.25. The fraction of sp³-hybridized carbons (Fsp3) is 0.500. The Kier molecular flexibility index (Phi) is 2.73. The number of hydrogen-bond acceptors (Lipinski definition) is 2. The van der Waals surface area contributed by atoms with Gasteiger partial charge >= 0.3 is 0 Å². The maximum atomic E-state index is 9.10. The first-order valence-electron chi connectivity index (χ1n) is 5.30. The quantitative estimate of drug-likeness (QED) is 0.747. The molecule has 1 heterocycles. The SMILES string of the molecule is CCc1ccc2c(c1)CC(CO)CN2. The van der Waals surface area contributed by atoms with Gasteiger partial charge in [-0.3, -0.25) is 0 Å². The molecule has 0 saturated heterocycles. The van der Waals surface area contributed by atoms with Crippen molar-refractivity contribution in [3.63, 3.8) is 0 Å². The minimum absolute atomic E-state index is 0.281. The van der Waals surface area contributed by atoms with Crippen molar-refractivity contribution in [3.05, 3.63) is 29.3 Å². The van der Waals surface area contributed by atoms with Crippen LogP contribution in [-0.2, 0) is 12.8 Å². The number of fused-ring (bicyclic) bond motifs is 1. The van der Waals surface area contributed by atoms with Crippen molar-refractivity contribution in [2.75, 3.05) is 18.5 Å². The number of aliphatic hydroxyl groups excluding tert-OH is 1. The van der Waals surface area contributed by atoms with Gasteiger partial charge in [-0.2, -0.15) is 0 Å². The van der Waals surface area contributed by atoms with Gasteiger partial charge in [0.05, 0.1) is 0 Å². The van der Waals surface area contributed by atoms with Crippen LogP contribution in [0.1, 0.15) is 18.1 Å². The fourth-order valence-corrected chi connectivity index (χ4v) is 1.97. The van der Waals surface area contributed by atoms with Gasteiger partial charge in [-0.05, 0) is 30.0 Å². The lowest BCUT2D eigenvalue weighted by molar-refractivity contribution is 0.230. The summed E-state index contributed by atoms with van der Waals surface area (Å²) in [6.07, 6.45) is 2.09. The lowest BCUT2D eigenvalue weighted by Crippen LogP contribution is -2.25. The molecule has 0 saturated carbocycles. The van der Waals surface area contributed by atoms with Gasteiger partial charge < -0.3 is 10.4 Å². The monoisotopic (exact) mass is 191 g/mol. The van der Waals surface area contributed by atoms with Gasteiger partial charge in [0, 0.05) is 24.8 Å². The first-order chi connectivity index (χ1) is 6.83. The third-order valence-electron chi connectivity index (χ3n) is 2.93. The number of aryl methyl sites for hydroxylation is 1. The van der Waals surface area contributed by atoms with E-state index in [-0.39, 0.29) is 6.61 Å². The number of aliphatic hydroxyl groups is 1. The molecule has 2 heteroatoms. The molecule has 0 bridgehead atoms. The van der Waals surface area contributed by atoms with Crippen molar-refractivity contribution in [1.29, 1.82) is 0 Å². The highest BCUT2D eigenvalue weighted by atomic mass is 16.3. The summed E-state index contributed by atoms with van der Waals surface area (Å²) >= 11 is 0. The molecule has 0 radical (unpaired) electrons. The zero-order valence-electron chi connectivity index (χ0n) is 8.59. The summed E-state index contributed by atoms with van der Waals surface area (Å²) in [5.74, 6) is 0.384. The van der Waals surface area contributed by atoms with Gasteiger partial charge in [-0.25, -0.2) is 0 Å². The van der Waals surface area contributed by atoms with Crippen LogP contribution in [0.25, 0.3) is 0 Å². The molecule has 76 valence electrons. The summed E-state index contributed by atoms with van der Waals surface area (Å²) in [6, 6.07) is 6.58. The molecular formula is C12H17NO. The third kappa shape index (κ3) is 1.75. The summed E-state index contributed by atoms with van der Waals surface area (Å²) < 4.78 is 0. The van der Waals surface area contributed by atoms with Crippen molar-refractivity contribution in [2.24, 2.45) is 5.92 Å². The number of benzene rings is 1. The standard InChI is InChI=1S/C12H17NO/c1-2-9-3-4-12-11(5-9)6-10(8-14)7-13-12/h3-5,10,13-14H,2,6-8H2,1H3. The number of anilines is 1. The van der Waals surface area contributed by atoms with Crippen molar-refractivity contribution in [3.8, 4) is 0 Å². The molecule has 1 aliphatic heterocycles. The molecule has 1 aliphatic rings. The maximum Gasteiger partial charge on any atom is 0.0479 e. The molecule has 1 aromatic carbocycles. The molecule has 0 fully saturated rings. The molecule has 0 aliphatic carbocycles. The summed E-state index contributed by atoms with van der Waals surface area (Å²) in [5.41, 5.74) is 3.98. The molecule has 14 heavy (non-hydrogen) atoms. The van der Waals surface area contributed by atoms with E-state index in [4.69, 9.17) is 5.11 Å². The van der Waals surface area contributed by atoms with Crippen molar-refractivity contribution < 1.29 is 5.11 Å². The van der Waals surface area contributed by atoms with E-state index in [1.807, 2.05) is 0 Å². The minimum atomic E-state index is 0.281. The molecule has 0 amide bonds. The topological polar surface area (TPSA) is 32.3 Å². The maximum absolute atomic E-state index is 9.10. The van der Waals surface area contributed by atoms with Gasteiger partial charge in [-0.1, -0.05) is 19.1 Å². The second-order valence-electron chi connectivity index (χ2n) is 3.98. The van der Waals surface area contributed by atoms with E-state index in [0.717, 1.165) is 19.4 Å². The van der Waals surface area contributed by atoms with Gasteiger partial charge in [0.15, 0.2) is 0 Å². The number of hydrogen-bond donors (Lipinski definition) is 2. The van der Waals surface area contributed by atoms with Crippen molar-refractivity contribution in [2.45, 2.75) is 19.8 Å². The van der Waals surface area contributed by atoms with Gasteiger partial charge in [0.2, 0.25) is 0 Å². The lowest BCUT2D eigenvalue weighted by Gasteiger charge is -2.25. The number of nitrogens with one attached hydrogen (secondary N) is 1. The van der Waals surface area contributed by atoms with Gasteiger partial charge in [0.25, 0.3) is 0 Å². The predicted molar refractivity (Wildman–Crippen MR) is 58.6 cm³/mol. The normalized spacial score (nSPS) is 20.0. The Labute approximate surface area is 85.0 Å². The molecule has 1 aromatic rings. The van der Waals surface area contributed by atoms with Crippen molar-refractivity contribution >= 4 is 5.69 Å². The number of rotatable bonds is 2. The molecule has 1 atom stereocenters. The third-order valence-corrected chi connectivity index (χ3v) is 2.93. The largest absolute Gasteiger partial charge is 0.396 e. The van der Waals surface area contributed by atoms with Crippen LogP contribution in [0.3, 0.4) is 0 Å². The minimum Gasteiger partial charge on any atom is -0.396 e. The average Bonchev–Trinajstić information content (AvgIpc) is 2.27. The first kappa shape index (κ1) is 9.53. The van der Waals surface area contributed by atoms with E-state index in [0.29, 0.717) is 5.92 Å². The zero-order valence-corrected chi connectivity index (χ0v) is 8.59. The van der Waals surface area contributed by atoms with E-state index in [1.165, 1.54) is 16.8 Å². The molecule has 2 N–H and O–H groups in total. The average molecular weight is 191 g/mol. The predicted octanol–water partition coefficient (Wildman–Crippen LogP) is 1.83. The Morgan fingerprint density at radius 2 is 2.36 bits per heavy atom. The van der Waals surface area contributed by atoms with E-state index in [9.17, 15) is 0 Å². The smallest absolute Gasteiger partial charge is 0.0479 e. The Balaban J connectivity index is 2.25. The Morgan fingerprint density at radius 1 is 1.50 bits per heavy atom. The van der Waals surface area contributed by atoms with Crippen LogP contribution in [0.15, 0.2) is 18.2 Å². The Hall–Kier alpha value is -1.02. The lowest BCUT2D eigenvalue weighted by atomic mass is 9.93. The molecular weight excluding hydrogens is 174 g/mol. The van der Waals surface area contributed by atoms with Crippen LogP contribution in [0, 0.1) is 5.92 Å². The fourth-order valence-electron chi connectivity index (χ4n) is 1.97. The van der Waals surface area contributed by atoms with Crippen molar-refractivity contribution in [1.82, 2.24) is 0 Å². The molecule has 2 nitrogen and oxygen atoms in total. The first-order valence-corrected chi connectivity index (χ1v) is 5.30. The summed E-state index contributed by atoms with van der Waals surface area (Å²) in [7, 11) is 0. The second kappa shape index (κ2) is 4.01. The van der Waals surface area contributed by atoms with Gasteiger partial charge in [-0.15, -0.1) is 0 Å². The summed E-state index contributed by atoms with van der Waals surface area (Å²) in [4.78, 5) is 0. The van der Waals surface area contributed by atoms with Crippen LogP contribution < -0.4 is 5.32 Å².